The standard InChI is InChI=1S/C13H15NO3/c1-4-17-10-6-5-9-7-12(13(15)16-3)14(2)11(9)8-10/h5-8H,4H2,1-3H3. The van der Waals surface area contributed by atoms with Crippen LogP contribution in [0.25, 0.3) is 10.9 Å². The number of rotatable bonds is 3. The maximum Gasteiger partial charge on any atom is 0.354 e. The van der Waals surface area contributed by atoms with Crippen LogP contribution in [0.15, 0.2) is 24.3 Å². The molecule has 0 atom stereocenters. The minimum Gasteiger partial charge on any atom is -0.494 e. The van der Waals surface area contributed by atoms with Gasteiger partial charge in [-0.05, 0) is 25.1 Å². The minimum atomic E-state index is -0.332. The van der Waals surface area contributed by atoms with Gasteiger partial charge < -0.3 is 14.0 Å². The minimum absolute atomic E-state index is 0.332. The average molecular weight is 233 g/mol. The van der Waals surface area contributed by atoms with Crippen LogP contribution in [0.5, 0.6) is 5.75 Å². The molecule has 0 fully saturated rings. The van der Waals surface area contributed by atoms with Crippen LogP contribution in [-0.2, 0) is 11.8 Å². The Hall–Kier alpha value is -1.97. The van der Waals surface area contributed by atoms with Crippen molar-refractivity contribution in [2.24, 2.45) is 7.05 Å². The van der Waals surface area contributed by atoms with E-state index in [1.165, 1.54) is 7.11 Å². The van der Waals surface area contributed by atoms with E-state index in [4.69, 9.17) is 9.47 Å². The molecule has 2 rings (SSSR count). The average Bonchev–Trinajstić information content (AvgIpc) is 2.67. The lowest BCUT2D eigenvalue weighted by Crippen LogP contribution is -2.06. The van der Waals surface area contributed by atoms with E-state index < -0.39 is 0 Å². The van der Waals surface area contributed by atoms with Gasteiger partial charge in [0.05, 0.1) is 19.2 Å². The second-order valence-corrected chi connectivity index (χ2v) is 3.73. The molecule has 1 aromatic heterocycles. The number of carbonyl (C=O) groups is 1. The van der Waals surface area contributed by atoms with E-state index in [2.05, 4.69) is 0 Å². The molecule has 4 nitrogen and oxygen atoms in total. The van der Waals surface area contributed by atoms with E-state index in [0.29, 0.717) is 12.3 Å². The SMILES string of the molecule is CCOc1ccc2cc(C(=O)OC)n(C)c2c1. The second-order valence-electron chi connectivity index (χ2n) is 3.73. The summed E-state index contributed by atoms with van der Waals surface area (Å²) in [6, 6.07) is 7.57. The third-order valence-electron chi connectivity index (χ3n) is 2.72. The number of aromatic nitrogens is 1. The first kappa shape index (κ1) is 11.5. The number of methoxy groups -OCH3 is 1. The van der Waals surface area contributed by atoms with E-state index in [0.717, 1.165) is 16.7 Å². The Kier molecular flexibility index (Phi) is 3.04. The third kappa shape index (κ3) is 1.98. The molecule has 4 heteroatoms. The van der Waals surface area contributed by atoms with Gasteiger partial charge in [-0.25, -0.2) is 4.79 Å². The fourth-order valence-electron chi connectivity index (χ4n) is 1.87. The van der Waals surface area contributed by atoms with Gasteiger partial charge in [0, 0.05) is 18.5 Å². The summed E-state index contributed by atoms with van der Waals surface area (Å²) in [7, 11) is 3.22. The van der Waals surface area contributed by atoms with E-state index in [1.54, 1.807) is 0 Å². The fourth-order valence-corrected chi connectivity index (χ4v) is 1.87. The van der Waals surface area contributed by atoms with Crippen molar-refractivity contribution in [1.82, 2.24) is 4.57 Å². The van der Waals surface area contributed by atoms with Gasteiger partial charge in [0.2, 0.25) is 0 Å². The van der Waals surface area contributed by atoms with Crippen molar-refractivity contribution in [3.8, 4) is 5.75 Å². The first-order valence-electron chi connectivity index (χ1n) is 5.48. The number of hydrogen-bond donors (Lipinski definition) is 0. The summed E-state index contributed by atoms with van der Waals surface area (Å²) < 4.78 is 12.0. The van der Waals surface area contributed by atoms with E-state index >= 15 is 0 Å². The molecule has 17 heavy (non-hydrogen) atoms. The first-order valence-corrected chi connectivity index (χ1v) is 5.48. The van der Waals surface area contributed by atoms with Gasteiger partial charge in [-0.15, -0.1) is 0 Å². The Balaban J connectivity index is 2.54. The van der Waals surface area contributed by atoms with Crippen LogP contribution in [0.4, 0.5) is 0 Å². The van der Waals surface area contributed by atoms with Crippen molar-refractivity contribution in [2.75, 3.05) is 13.7 Å². The smallest absolute Gasteiger partial charge is 0.354 e. The largest absolute Gasteiger partial charge is 0.494 e. The van der Waals surface area contributed by atoms with Crippen LogP contribution in [0.2, 0.25) is 0 Å². The summed E-state index contributed by atoms with van der Waals surface area (Å²) in [6.45, 7) is 2.56. The molecule has 2 aromatic rings. The molecule has 0 aliphatic heterocycles. The number of ether oxygens (including phenoxy) is 2. The number of carbonyl (C=O) groups excluding carboxylic acids is 1. The number of benzene rings is 1. The number of fused-ring (bicyclic) bond motifs is 1. The van der Waals surface area contributed by atoms with Crippen molar-refractivity contribution in [1.29, 1.82) is 0 Å². The summed E-state index contributed by atoms with van der Waals surface area (Å²) in [6.07, 6.45) is 0. The van der Waals surface area contributed by atoms with Crippen molar-refractivity contribution < 1.29 is 14.3 Å². The molecule has 0 N–H and O–H groups in total. The van der Waals surface area contributed by atoms with Gasteiger partial charge in [-0.3, -0.25) is 0 Å². The maximum absolute atomic E-state index is 11.5. The molecule has 0 aliphatic rings. The maximum atomic E-state index is 11.5. The van der Waals surface area contributed by atoms with Crippen LogP contribution in [-0.4, -0.2) is 24.3 Å². The number of hydrogen-bond acceptors (Lipinski definition) is 3. The Morgan fingerprint density at radius 2 is 2.12 bits per heavy atom. The molecule has 0 unspecified atom stereocenters. The van der Waals surface area contributed by atoms with Crippen LogP contribution < -0.4 is 4.74 Å². The Morgan fingerprint density at radius 1 is 1.35 bits per heavy atom. The van der Waals surface area contributed by atoms with Crippen molar-refractivity contribution in [3.63, 3.8) is 0 Å². The van der Waals surface area contributed by atoms with Gasteiger partial charge in [-0.2, -0.15) is 0 Å². The zero-order valence-electron chi connectivity index (χ0n) is 10.2. The van der Waals surface area contributed by atoms with Crippen molar-refractivity contribution >= 4 is 16.9 Å². The lowest BCUT2D eigenvalue weighted by molar-refractivity contribution is 0.0590. The zero-order chi connectivity index (χ0) is 12.4. The molecule has 1 aromatic carbocycles. The second kappa shape index (κ2) is 4.49. The molecule has 90 valence electrons. The molecule has 0 amide bonds. The van der Waals surface area contributed by atoms with Gasteiger partial charge >= 0.3 is 5.97 Å². The van der Waals surface area contributed by atoms with Gasteiger partial charge in [0.1, 0.15) is 11.4 Å². The molecule has 0 radical (unpaired) electrons. The molecule has 0 spiro atoms. The molecule has 0 bridgehead atoms. The highest BCUT2D eigenvalue weighted by molar-refractivity contribution is 5.95. The topological polar surface area (TPSA) is 40.5 Å². The highest BCUT2D eigenvalue weighted by Gasteiger charge is 2.13. The number of esters is 1. The van der Waals surface area contributed by atoms with Crippen molar-refractivity contribution in [2.45, 2.75) is 6.92 Å². The van der Waals surface area contributed by atoms with E-state index in [-0.39, 0.29) is 5.97 Å². The molecule has 0 aliphatic carbocycles. The monoisotopic (exact) mass is 233 g/mol. The van der Waals surface area contributed by atoms with Crippen LogP contribution in [0.3, 0.4) is 0 Å². The predicted octanol–water partition coefficient (Wildman–Crippen LogP) is 2.36. The quantitative estimate of drug-likeness (QED) is 0.764. The summed E-state index contributed by atoms with van der Waals surface area (Å²) in [5.41, 5.74) is 1.49. The zero-order valence-corrected chi connectivity index (χ0v) is 10.2. The summed E-state index contributed by atoms with van der Waals surface area (Å²) in [4.78, 5) is 11.5. The fraction of sp³-hybridized carbons (Fsp3) is 0.308. The van der Waals surface area contributed by atoms with Crippen LogP contribution in [0.1, 0.15) is 17.4 Å². The summed E-state index contributed by atoms with van der Waals surface area (Å²) in [5.74, 6) is 0.472. The lowest BCUT2D eigenvalue weighted by atomic mass is 10.2. The van der Waals surface area contributed by atoms with E-state index in [1.807, 2.05) is 42.8 Å². The number of aryl methyl sites for hydroxylation is 1. The van der Waals surface area contributed by atoms with Crippen molar-refractivity contribution in [3.05, 3.63) is 30.0 Å². The van der Waals surface area contributed by atoms with Gasteiger partial charge in [0.25, 0.3) is 0 Å². The Bertz CT molecular complexity index is 557. The normalized spacial score (nSPS) is 10.5. The van der Waals surface area contributed by atoms with Crippen LogP contribution in [0, 0.1) is 0 Å². The Morgan fingerprint density at radius 3 is 2.76 bits per heavy atom. The first-order chi connectivity index (χ1) is 8.17. The highest BCUT2D eigenvalue weighted by atomic mass is 16.5. The number of nitrogens with zero attached hydrogens (tertiary/aromatic N) is 1. The molecule has 1 heterocycles. The lowest BCUT2D eigenvalue weighted by Gasteiger charge is -2.04. The van der Waals surface area contributed by atoms with Gasteiger partial charge in [-0.1, -0.05) is 0 Å². The molecule has 0 saturated heterocycles. The molecular weight excluding hydrogens is 218 g/mol. The summed E-state index contributed by atoms with van der Waals surface area (Å²) in [5, 5.41) is 0.997. The highest BCUT2D eigenvalue weighted by Crippen LogP contribution is 2.24. The molecular formula is C13H15NO3. The molecule has 0 saturated carbocycles. The third-order valence-corrected chi connectivity index (χ3v) is 2.72. The predicted molar refractivity (Wildman–Crippen MR) is 65.4 cm³/mol. The Labute approximate surface area is 99.7 Å². The van der Waals surface area contributed by atoms with Gasteiger partial charge in [0.15, 0.2) is 0 Å². The van der Waals surface area contributed by atoms with E-state index in [9.17, 15) is 4.79 Å². The summed E-state index contributed by atoms with van der Waals surface area (Å²) >= 11 is 0. The van der Waals surface area contributed by atoms with Crippen LogP contribution >= 0.6 is 0 Å².